The van der Waals surface area contributed by atoms with E-state index in [2.05, 4.69) is 10.3 Å². The van der Waals surface area contributed by atoms with Gasteiger partial charge in [0, 0.05) is 11.5 Å². The van der Waals surface area contributed by atoms with E-state index in [0.717, 1.165) is 16.5 Å². The third kappa shape index (κ3) is 4.67. The van der Waals surface area contributed by atoms with E-state index in [9.17, 15) is 9.59 Å². The van der Waals surface area contributed by atoms with Crippen molar-refractivity contribution in [1.82, 2.24) is 4.98 Å². The van der Waals surface area contributed by atoms with E-state index in [4.69, 9.17) is 10.5 Å². The number of rotatable bonds is 6. The summed E-state index contributed by atoms with van der Waals surface area (Å²) in [5, 5.41) is 3.74. The summed E-state index contributed by atoms with van der Waals surface area (Å²) in [5.74, 6) is -0.252. The maximum atomic E-state index is 12.1. The second-order valence-electron chi connectivity index (χ2n) is 5.56. The second-order valence-corrected chi connectivity index (χ2v) is 5.56. The Hall–Kier alpha value is -3.67. The van der Waals surface area contributed by atoms with Crippen molar-refractivity contribution >= 4 is 34.5 Å². The maximum absolute atomic E-state index is 12.1. The number of nitrogens with zero attached hydrogens (tertiary/aromatic N) is 1. The molecule has 3 aromatic rings. The summed E-state index contributed by atoms with van der Waals surface area (Å²) in [7, 11) is 0. The Morgan fingerprint density at radius 2 is 1.88 bits per heavy atom. The molecule has 0 saturated heterocycles. The van der Waals surface area contributed by atoms with Crippen LogP contribution >= 0.6 is 0 Å². The molecular weight excluding hydrogens is 330 g/mol. The van der Waals surface area contributed by atoms with Crippen molar-refractivity contribution in [2.45, 2.75) is 0 Å². The first-order valence-corrected chi connectivity index (χ1v) is 7.95. The SMILES string of the molecule is NC(=O)COc1ccc(/C=C/C(=O)Nc2cnc3ccccc3c2)cc1. The Bertz CT molecular complexity index is 965. The predicted octanol–water partition coefficient (Wildman–Crippen LogP) is 2.75. The van der Waals surface area contributed by atoms with E-state index < -0.39 is 5.91 Å². The lowest BCUT2D eigenvalue weighted by Crippen LogP contribution is -2.19. The number of carbonyl (C=O) groups is 2. The Kier molecular flexibility index (Phi) is 5.24. The molecule has 1 heterocycles. The van der Waals surface area contributed by atoms with Gasteiger partial charge in [0.1, 0.15) is 5.75 Å². The summed E-state index contributed by atoms with van der Waals surface area (Å²) in [6.45, 7) is -0.169. The molecule has 0 aliphatic rings. The predicted molar refractivity (Wildman–Crippen MR) is 101 cm³/mol. The van der Waals surface area contributed by atoms with Gasteiger partial charge in [0.05, 0.1) is 17.4 Å². The molecule has 0 radical (unpaired) electrons. The number of amides is 2. The van der Waals surface area contributed by atoms with Crippen LogP contribution in [0.25, 0.3) is 17.0 Å². The number of benzene rings is 2. The smallest absolute Gasteiger partial charge is 0.255 e. The highest BCUT2D eigenvalue weighted by Gasteiger charge is 2.01. The summed E-state index contributed by atoms with van der Waals surface area (Å²) in [4.78, 5) is 27.0. The second kappa shape index (κ2) is 7.94. The lowest BCUT2D eigenvalue weighted by molar-refractivity contribution is -0.120. The zero-order chi connectivity index (χ0) is 18.4. The molecule has 0 spiro atoms. The van der Waals surface area contributed by atoms with Crippen molar-refractivity contribution in [3.05, 3.63) is 72.4 Å². The van der Waals surface area contributed by atoms with Gasteiger partial charge in [-0.3, -0.25) is 14.6 Å². The number of primary amides is 1. The number of pyridine rings is 1. The number of hydrogen-bond acceptors (Lipinski definition) is 4. The number of para-hydroxylation sites is 1. The van der Waals surface area contributed by atoms with Gasteiger partial charge in [-0.25, -0.2) is 0 Å². The Labute approximate surface area is 150 Å². The highest BCUT2D eigenvalue weighted by molar-refractivity contribution is 6.02. The quantitative estimate of drug-likeness (QED) is 0.670. The average molecular weight is 347 g/mol. The summed E-state index contributed by atoms with van der Waals surface area (Å²) >= 11 is 0. The monoisotopic (exact) mass is 347 g/mol. The van der Waals surface area contributed by atoms with E-state index in [-0.39, 0.29) is 12.5 Å². The molecule has 0 aliphatic carbocycles. The van der Waals surface area contributed by atoms with Gasteiger partial charge >= 0.3 is 0 Å². The van der Waals surface area contributed by atoms with Crippen molar-refractivity contribution in [3.63, 3.8) is 0 Å². The van der Waals surface area contributed by atoms with Gasteiger partial charge in [-0.2, -0.15) is 0 Å². The normalized spacial score (nSPS) is 10.8. The zero-order valence-electron chi connectivity index (χ0n) is 13.9. The number of aromatic nitrogens is 1. The van der Waals surface area contributed by atoms with Gasteiger partial charge in [-0.15, -0.1) is 0 Å². The minimum absolute atomic E-state index is 0.169. The summed E-state index contributed by atoms with van der Waals surface area (Å²) < 4.78 is 5.18. The van der Waals surface area contributed by atoms with Crippen LogP contribution in [-0.2, 0) is 9.59 Å². The van der Waals surface area contributed by atoms with Crippen LogP contribution in [0.5, 0.6) is 5.75 Å². The van der Waals surface area contributed by atoms with Gasteiger partial charge < -0.3 is 15.8 Å². The third-order valence-corrected chi connectivity index (χ3v) is 3.55. The fraction of sp³-hybridized carbons (Fsp3) is 0.0500. The zero-order valence-corrected chi connectivity index (χ0v) is 13.9. The van der Waals surface area contributed by atoms with Crippen molar-refractivity contribution in [3.8, 4) is 5.75 Å². The van der Waals surface area contributed by atoms with Crippen LogP contribution < -0.4 is 15.8 Å². The van der Waals surface area contributed by atoms with Gasteiger partial charge in [-0.1, -0.05) is 30.3 Å². The molecule has 26 heavy (non-hydrogen) atoms. The van der Waals surface area contributed by atoms with Crippen molar-refractivity contribution in [2.24, 2.45) is 5.73 Å². The lowest BCUT2D eigenvalue weighted by atomic mass is 10.2. The van der Waals surface area contributed by atoms with Crippen LogP contribution in [0.15, 0.2) is 66.9 Å². The van der Waals surface area contributed by atoms with E-state index in [1.165, 1.54) is 6.08 Å². The molecule has 0 bridgehead atoms. The van der Waals surface area contributed by atoms with Crippen molar-refractivity contribution in [1.29, 1.82) is 0 Å². The number of carbonyl (C=O) groups excluding carboxylic acids is 2. The molecule has 3 rings (SSSR count). The van der Waals surface area contributed by atoms with Gasteiger partial charge in [0.25, 0.3) is 5.91 Å². The molecule has 2 amide bonds. The van der Waals surface area contributed by atoms with Crippen LogP contribution in [0, 0.1) is 0 Å². The average Bonchev–Trinajstić information content (AvgIpc) is 2.65. The molecule has 130 valence electrons. The molecule has 0 aliphatic heterocycles. The van der Waals surface area contributed by atoms with Gasteiger partial charge in [0.2, 0.25) is 5.91 Å². The first-order chi connectivity index (χ1) is 12.6. The Morgan fingerprint density at radius 1 is 1.12 bits per heavy atom. The summed E-state index contributed by atoms with van der Waals surface area (Å²) in [5.41, 5.74) is 7.35. The minimum atomic E-state index is -0.533. The molecule has 0 unspecified atom stereocenters. The number of anilines is 1. The summed E-state index contributed by atoms with van der Waals surface area (Å²) in [6.07, 6.45) is 4.75. The molecule has 0 atom stereocenters. The number of fused-ring (bicyclic) bond motifs is 1. The number of ether oxygens (including phenoxy) is 1. The van der Waals surface area contributed by atoms with E-state index >= 15 is 0 Å². The number of nitrogens with one attached hydrogen (secondary N) is 1. The van der Waals surface area contributed by atoms with Crippen LogP contribution in [0.3, 0.4) is 0 Å². The fourth-order valence-electron chi connectivity index (χ4n) is 2.32. The molecule has 3 N–H and O–H groups in total. The minimum Gasteiger partial charge on any atom is -0.484 e. The van der Waals surface area contributed by atoms with Crippen LogP contribution in [0.2, 0.25) is 0 Å². The number of hydrogen-bond donors (Lipinski definition) is 2. The van der Waals surface area contributed by atoms with E-state index in [1.54, 1.807) is 36.5 Å². The fourth-order valence-corrected chi connectivity index (χ4v) is 2.32. The standard InChI is InChI=1S/C20H17N3O3/c21-19(24)13-26-17-8-5-14(6-9-17)7-10-20(25)23-16-11-15-3-1-2-4-18(15)22-12-16/h1-12H,13H2,(H2,21,24)(H,23,25)/b10-7+. The van der Waals surface area contributed by atoms with E-state index in [1.807, 2.05) is 30.3 Å². The molecular formula is C20H17N3O3. The molecule has 0 fully saturated rings. The topological polar surface area (TPSA) is 94.3 Å². The molecule has 2 aromatic carbocycles. The van der Waals surface area contributed by atoms with Crippen LogP contribution in [0.4, 0.5) is 5.69 Å². The Morgan fingerprint density at radius 3 is 2.65 bits per heavy atom. The van der Waals surface area contributed by atoms with Crippen LogP contribution in [0.1, 0.15) is 5.56 Å². The van der Waals surface area contributed by atoms with Crippen molar-refractivity contribution < 1.29 is 14.3 Å². The summed E-state index contributed by atoms with van der Waals surface area (Å²) in [6, 6.07) is 16.5. The first-order valence-electron chi connectivity index (χ1n) is 7.95. The Balaban J connectivity index is 1.60. The van der Waals surface area contributed by atoms with Gasteiger partial charge in [0.15, 0.2) is 6.61 Å². The maximum Gasteiger partial charge on any atom is 0.255 e. The largest absolute Gasteiger partial charge is 0.484 e. The first kappa shape index (κ1) is 17.2. The van der Waals surface area contributed by atoms with Crippen LogP contribution in [-0.4, -0.2) is 23.4 Å². The molecule has 1 aromatic heterocycles. The van der Waals surface area contributed by atoms with Gasteiger partial charge in [-0.05, 0) is 35.9 Å². The van der Waals surface area contributed by atoms with Crippen molar-refractivity contribution in [2.75, 3.05) is 11.9 Å². The lowest BCUT2D eigenvalue weighted by Gasteiger charge is -2.04. The number of nitrogens with two attached hydrogens (primary N) is 1. The highest BCUT2D eigenvalue weighted by Crippen LogP contribution is 2.16. The third-order valence-electron chi connectivity index (χ3n) is 3.55. The molecule has 6 nitrogen and oxygen atoms in total. The molecule has 0 saturated carbocycles. The van der Waals surface area contributed by atoms with E-state index in [0.29, 0.717) is 11.4 Å². The highest BCUT2D eigenvalue weighted by atomic mass is 16.5. The molecule has 6 heteroatoms.